The molecule has 11 heavy (non-hydrogen) atoms. The third-order valence-electron chi connectivity index (χ3n) is 2.65. The maximum absolute atomic E-state index is 3.00. The normalized spacial score (nSPS) is 24.9. The predicted molar refractivity (Wildman–Crippen MR) is 53.3 cm³/mol. The zero-order valence-electron chi connectivity index (χ0n) is 9.52. The van der Waals surface area contributed by atoms with Gasteiger partial charge >= 0.3 is 78.9 Å². The first-order chi connectivity index (χ1) is 5.39. The van der Waals surface area contributed by atoms with Gasteiger partial charge in [0.1, 0.15) is 0 Å². The maximum atomic E-state index is 3.00. The van der Waals surface area contributed by atoms with E-state index in [9.17, 15) is 0 Å². The SMILES string of the molecule is [Al+2][CH]1CCCCCCCCC1.[H-].[H-]. The monoisotopic (exact) mass is 168 g/mol. The van der Waals surface area contributed by atoms with Crippen LogP contribution in [0, 0.1) is 0 Å². The number of hydrogen-bond acceptors (Lipinski definition) is 0. The molecule has 0 aromatic heterocycles. The van der Waals surface area contributed by atoms with Gasteiger partial charge in [0.05, 0.1) is 0 Å². The van der Waals surface area contributed by atoms with Gasteiger partial charge in [-0.3, -0.25) is 0 Å². The summed E-state index contributed by atoms with van der Waals surface area (Å²) in [5.41, 5.74) is 0. The molecule has 1 aliphatic carbocycles. The second kappa shape index (κ2) is 6.09. The second-order valence-electron chi connectivity index (χ2n) is 3.81. The summed E-state index contributed by atoms with van der Waals surface area (Å²) in [6, 6.07) is 0. The van der Waals surface area contributed by atoms with Crippen LogP contribution in [0.25, 0.3) is 0 Å². The molecule has 0 radical (unpaired) electrons. The molecule has 0 amide bonds. The smallest absolute Gasteiger partial charge is 1.00 e. The van der Waals surface area contributed by atoms with Crippen molar-refractivity contribution < 1.29 is 2.85 Å². The first-order valence-corrected chi connectivity index (χ1v) is 5.82. The van der Waals surface area contributed by atoms with Crippen molar-refractivity contribution >= 4 is 16.3 Å². The quantitative estimate of drug-likeness (QED) is 0.484. The summed E-state index contributed by atoms with van der Waals surface area (Å²) in [6.07, 6.45) is 13.2. The average molecular weight is 168 g/mol. The molecule has 1 rings (SSSR count). The zero-order valence-corrected chi connectivity index (χ0v) is 8.67. The second-order valence-corrected chi connectivity index (χ2v) is 4.76. The van der Waals surface area contributed by atoms with E-state index < -0.39 is 0 Å². The molecule has 64 valence electrons. The maximum Gasteiger partial charge on any atom is -1.00 e. The van der Waals surface area contributed by atoms with Gasteiger partial charge in [0, 0.05) is 0 Å². The van der Waals surface area contributed by atoms with Crippen LogP contribution in [-0.4, -0.2) is 16.3 Å². The van der Waals surface area contributed by atoms with Gasteiger partial charge in [-0.1, -0.05) is 0 Å². The van der Waals surface area contributed by atoms with E-state index in [0.717, 1.165) is 4.78 Å². The van der Waals surface area contributed by atoms with E-state index in [1.54, 1.807) is 0 Å². The fourth-order valence-corrected chi connectivity index (χ4v) is 2.31. The Morgan fingerprint density at radius 3 is 1.55 bits per heavy atom. The topological polar surface area (TPSA) is 0 Å². The Kier molecular flexibility index (Phi) is 5.33. The van der Waals surface area contributed by atoms with Crippen molar-refractivity contribution in [2.24, 2.45) is 0 Å². The van der Waals surface area contributed by atoms with Gasteiger partial charge in [0.25, 0.3) is 0 Å². The third-order valence-corrected chi connectivity index (χ3v) is 3.32. The Hall–Kier alpha value is 0.532. The van der Waals surface area contributed by atoms with Crippen LogP contribution in [0.3, 0.4) is 0 Å². The largest absolute Gasteiger partial charge is 1.00 e. The summed E-state index contributed by atoms with van der Waals surface area (Å²) in [5, 5.41) is 0. The van der Waals surface area contributed by atoms with Crippen LogP contribution in [0.1, 0.15) is 60.6 Å². The molecule has 1 heteroatoms. The average Bonchev–Trinajstić information content (AvgIpc) is 2.03. The van der Waals surface area contributed by atoms with Gasteiger partial charge in [0.15, 0.2) is 0 Å². The first-order valence-electron chi connectivity index (χ1n) is 5.15. The minimum Gasteiger partial charge on any atom is -1.00 e. The van der Waals surface area contributed by atoms with Gasteiger partial charge < -0.3 is 2.85 Å². The minimum atomic E-state index is 0. The van der Waals surface area contributed by atoms with Crippen molar-refractivity contribution in [3.63, 3.8) is 0 Å². The Morgan fingerprint density at radius 1 is 0.727 bits per heavy atom. The standard InChI is InChI=1S/C10H19.Al.2H/c1-2-4-6-8-10-9-7-5-3-1;;;/h1H,2-10H2;;;/q;+2;2*-1. The first kappa shape index (κ1) is 9.62. The molecule has 0 aromatic rings. The fourth-order valence-electron chi connectivity index (χ4n) is 1.84. The van der Waals surface area contributed by atoms with Crippen molar-refractivity contribution in [1.82, 2.24) is 0 Å². The van der Waals surface area contributed by atoms with E-state index in [1.807, 2.05) is 0 Å². The molecule has 0 N–H and O–H groups in total. The molecule has 0 heterocycles. The molecular weight excluding hydrogens is 147 g/mol. The fraction of sp³-hybridized carbons (Fsp3) is 1.00. The van der Waals surface area contributed by atoms with Crippen LogP contribution in [0.5, 0.6) is 0 Å². The molecule has 1 saturated carbocycles. The van der Waals surface area contributed by atoms with Gasteiger partial charge in [-0.25, -0.2) is 0 Å². The summed E-state index contributed by atoms with van der Waals surface area (Å²) >= 11 is 3.00. The molecule has 0 spiro atoms. The molecule has 0 aliphatic heterocycles. The van der Waals surface area contributed by atoms with Crippen molar-refractivity contribution in [2.45, 2.75) is 62.6 Å². The molecule has 0 aromatic carbocycles. The zero-order chi connectivity index (χ0) is 7.94. The Bertz CT molecular complexity index is 88.9. The van der Waals surface area contributed by atoms with E-state index in [1.165, 1.54) is 57.8 Å². The molecule has 0 atom stereocenters. The summed E-state index contributed by atoms with van der Waals surface area (Å²) in [4.78, 5) is 0. The Balaban J connectivity index is 0. The van der Waals surface area contributed by atoms with Crippen LogP contribution < -0.4 is 0 Å². The molecule has 0 unspecified atom stereocenters. The van der Waals surface area contributed by atoms with Gasteiger partial charge in [-0.2, -0.15) is 0 Å². The van der Waals surface area contributed by atoms with Gasteiger partial charge in [-0.05, 0) is 0 Å². The van der Waals surface area contributed by atoms with E-state index >= 15 is 0 Å². The summed E-state index contributed by atoms with van der Waals surface area (Å²) in [7, 11) is 0. The molecule has 0 nitrogen and oxygen atoms in total. The summed E-state index contributed by atoms with van der Waals surface area (Å²) < 4.78 is 0.924. The Labute approximate surface area is 82.1 Å². The molecule has 1 aliphatic rings. The van der Waals surface area contributed by atoms with Crippen LogP contribution in [0.2, 0.25) is 4.78 Å². The molecule has 1 fully saturated rings. The summed E-state index contributed by atoms with van der Waals surface area (Å²) in [6.45, 7) is 0. The van der Waals surface area contributed by atoms with Crippen molar-refractivity contribution in [3.05, 3.63) is 0 Å². The van der Waals surface area contributed by atoms with Gasteiger partial charge in [-0.15, -0.1) is 0 Å². The summed E-state index contributed by atoms with van der Waals surface area (Å²) in [5.74, 6) is 0. The van der Waals surface area contributed by atoms with Crippen molar-refractivity contribution in [1.29, 1.82) is 0 Å². The molecular formula is C10H21Al. The molecule has 0 saturated heterocycles. The number of hydrogen-bond donors (Lipinski definition) is 0. The van der Waals surface area contributed by atoms with Crippen LogP contribution in [0.15, 0.2) is 0 Å². The van der Waals surface area contributed by atoms with E-state index in [-0.39, 0.29) is 2.85 Å². The molecule has 0 bridgehead atoms. The van der Waals surface area contributed by atoms with E-state index in [0.29, 0.717) is 0 Å². The van der Waals surface area contributed by atoms with Crippen LogP contribution in [0.4, 0.5) is 0 Å². The van der Waals surface area contributed by atoms with Crippen molar-refractivity contribution in [2.75, 3.05) is 0 Å². The van der Waals surface area contributed by atoms with Crippen LogP contribution in [-0.2, 0) is 0 Å². The van der Waals surface area contributed by atoms with E-state index in [2.05, 4.69) is 16.3 Å². The third kappa shape index (κ3) is 4.88. The minimum absolute atomic E-state index is 0. The van der Waals surface area contributed by atoms with E-state index in [4.69, 9.17) is 0 Å². The van der Waals surface area contributed by atoms with Gasteiger partial charge in [0.2, 0.25) is 0 Å². The van der Waals surface area contributed by atoms with Crippen molar-refractivity contribution in [3.8, 4) is 0 Å². The Morgan fingerprint density at radius 2 is 1.09 bits per heavy atom. The number of rotatable bonds is 0. The predicted octanol–water partition coefficient (Wildman–Crippen LogP) is 3.69. The van der Waals surface area contributed by atoms with Crippen LogP contribution >= 0.6 is 0 Å².